The van der Waals surface area contributed by atoms with E-state index in [-0.39, 0.29) is 11.4 Å². The summed E-state index contributed by atoms with van der Waals surface area (Å²) in [7, 11) is -4.10. The summed E-state index contributed by atoms with van der Waals surface area (Å²) in [5, 5.41) is 14.4. The molecule has 11 heavy (non-hydrogen) atoms. The molecule has 0 atom stereocenters. The molecule has 0 bridgehead atoms. The van der Waals surface area contributed by atoms with Gasteiger partial charge in [0.25, 0.3) is 10.1 Å². The maximum Gasteiger partial charge on any atom is 0.270 e. The Morgan fingerprint density at radius 1 is 1.64 bits per heavy atom. The van der Waals surface area contributed by atoms with Crippen molar-refractivity contribution in [2.24, 2.45) is 0 Å². The molecule has 0 aliphatic carbocycles. The van der Waals surface area contributed by atoms with Crippen molar-refractivity contribution in [1.29, 1.82) is 0 Å². The Kier molecular flexibility index (Phi) is 1.83. The third-order valence-electron chi connectivity index (χ3n) is 1.02. The topological polar surface area (TPSA) is 103 Å². The molecule has 0 saturated carbocycles. The van der Waals surface area contributed by atoms with Crippen LogP contribution >= 0.6 is 0 Å². The van der Waals surface area contributed by atoms with E-state index >= 15 is 0 Å². The van der Waals surface area contributed by atoms with Gasteiger partial charge in [-0.05, 0) is 0 Å². The lowest BCUT2D eigenvalue weighted by atomic mass is 10.5. The fourth-order valence-electron chi connectivity index (χ4n) is 0.595. The molecule has 0 aliphatic heterocycles. The minimum Gasteiger partial charge on any atom is -0.504 e. The van der Waals surface area contributed by atoms with Crippen molar-refractivity contribution >= 4 is 10.1 Å². The van der Waals surface area contributed by atoms with Crippen molar-refractivity contribution in [2.75, 3.05) is 0 Å². The molecule has 0 aromatic carbocycles. The number of aromatic hydroxyl groups is 1. The van der Waals surface area contributed by atoms with Gasteiger partial charge in [0.15, 0.2) is 5.75 Å². The lowest BCUT2D eigenvalue weighted by Gasteiger charge is -1.92. The summed E-state index contributed by atoms with van der Waals surface area (Å²) in [5.41, 5.74) is -0.0208. The standard InChI is InChI=1S/C4H6N2O4S/c7-4-1-5-6-3(4)2-11(8,9)10/h1,7H,2H2,(H,5,6)(H,8,9,10). The van der Waals surface area contributed by atoms with Gasteiger partial charge in [0.1, 0.15) is 5.75 Å². The molecular weight excluding hydrogens is 172 g/mol. The zero-order valence-electron chi connectivity index (χ0n) is 5.35. The summed E-state index contributed by atoms with van der Waals surface area (Å²) in [6.45, 7) is 0. The predicted octanol–water partition coefficient (Wildman–Crippen LogP) is -0.497. The van der Waals surface area contributed by atoms with Gasteiger partial charge in [0.05, 0.1) is 11.9 Å². The van der Waals surface area contributed by atoms with Crippen LogP contribution in [0.4, 0.5) is 0 Å². The normalized spacial score (nSPS) is 11.7. The Hall–Kier alpha value is -1.08. The minimum absolute atomic E-state index is 0.0208. The van der Waals surface area contributed by atoms with Crippen LogP contribution in [-0.2, 0) is 15.9 Å². The summed E-state index contributed by atoms with van der Waals surface area (Å²) in [6.07, 6.45) is 1.06. The number of H-pyrrole nitrogens is 1. The van der Waals surface area contributed by atoms with Gasteiger partial charge in [0, 0.05) is 0 Å². The third-order valence-corrected chi connectivity index (χ3v) is 1.68. The van der Waals surface area contributed by atoms with Crippen LogP contribution in [0.5, 0.6) is 5.75 Å². The second-order valence-electron chi connectivity index (χ2n) is 1.96. The molecule has 1 heterocycles. The number of hydrogen-bond acceptors (Lipinski definition) is 4. The van der Waals surface area contributed by atoms with E-state index in [1.165, 1.54) is 0 Å². The van der Waals surface area contributed by atoms with Crippen LogP contribution in [-0.4, -0.2) is 28.3 Å². The summed E-state index contributed by atoms with van der Waals surface area (Å²) in [5.74, 6) is -0.929. The first-order valence-corrected chi connectivity index (χ1v) is 4.26. The van der Waals surface area contributed by atoms with Gasteiger partial charge in [-0.15, -0.1) is 0 Å². The SMILES string of the molecule is O=S(=O)(O)Cc1[nH]ncc1O. The Morgan fingerprint density at radius 3 is 2.64 bits per heavy atom. The van der Waals surface area contributed by atoms with E-state index in [1.54, 1.807) is 0 Å². The highest BCUT2D eigenvalue weighted by Gasteiger charge is 2.11. The number of aromatic amines is 1. The van der Waals surface area contributed by atoms with Gasteiger partial charge < -0.3 is 5.11 Å². The van der Waals surface area contributed by atoms with Crippen molar-refractivity contribution in [3.63, 3.8) is 0 Å². The van der Waals surface area contributed by atoms with Crippen LogP contribution in [0.2, 0.25) is 0 Å². The fraction of sp³-hybridized carbons (Fsp3) is 0.250. The zero-order valence-corrected chi connectivity index (χ0v) is 6.17. The van der Waals surface area contributed by atoms with Gasteiger partial charge in [-0.1, -0.05) is 0 Å². The molecule has 7 heteroatoms. The molecule has 1 aromatic rings. The number of rotatable bonds is 2. The molecule has 0 aliphatic rings. The molecule has 0 amide bonds. The van der Waals surface area contributed by atoms with Crippen LogP contribution in [0.3, 0.4) is 0 Å². The van der Waals surface area contributed by atoms with Crippen molar-refractivity contribution in [1.82, 2.24) is 10.2 Å². The van der Waals surface area contributed by atoms with E-state index in [4.69, 9.17) is 9.66 Å². The fourth-order valence-corrected chi connectivity index (χ4v) is 1.17. The van der Waals surface area contributed by atoms with Crippen molar-refractivity contribution in [3.05, 3.63) is 11.9 Å². The van der Waals surface area contributed by atoms with Gasteiger partial charge in [-0.25, -0.2) is 0 Å². The van der Waals surface area contributed by atoms with Crippen LogP contribution in [0.15, 0.2) is 6.20 Å². The lowest BCUT2D eigenvalue weighted by Crippen LogP contribution is -2.01. The van der Waals surface area contributed by atoms with E-state index in [9.17, 15) is 8.42 Å². The van der Waals surface area contributed by atoms with Gasteiger partial charge in [-0.2, -0.15) is 13.5 Å². The lowest BCUT2D eigenvalue weighted by molar-refractivity contribution is 0.461. The second kappa shape index (κ2) is 2.51. The first-order valence-electron chi connectivity index (χ1n) is 2.65. The Labute approximate surface area is 62.6 Å². The Bertz CT molecular complexity index is 341. The molecule has 0 saturated heterocycles. The van der Waals surface area contributed by atoms with Crippen LogP contribution in [0.1, 0.15) is 5.69 Å². The van der Waals surface area contributed by atoms with E-state index < -0.39 is 15.9 Å². The average Bonchev–Trinajstić information content (AvgIpc) is 2.12. The number of aromatic nitrogens is 2. The number of nitrogens with one attached hydrogen (secondary N) is 1. The summed E-state index contributed by atoms with van der Waals surface area (Å²) >= 11 is 0. The van der Waals surface area contributed by atoms with Crippen molar-refractivity contribution in [2.45, 2.75) is 5.75 Å². The molecule has 3 N–H and O–H groups in total. The first-order chi connectivity index (χ1) is 4.99. The molecule has 0 fully saturated rings. The maximum absolute atomic E-state index is 10.2. The van der Waals surface area contributed by atoms with Crippen LogP contribution < -0.4 is 0 Å². The largest absolute Gasteiger partial charge is 0.504 e. The van der Waals surface area contributed by atoms with Gasteiger partial charge >= 0.3 is 0 Å². The highest BCUT2D eigenvalue weighted by atomic mass is 32.2. The van der Waals surface area contributed by atoms with Gasteiger partial charge in [-0.3, -0.25) is 9.65 Å². The van der Waals surface area contributed by atoms with E-state index in [0.717, 1.165) is 6.20 Å². The highest BCUT2D eigenvalue weighted by molar-refractivity contribution is 7.85. The molecule has 1 aromatic heterocycles. The van der Waals surface area contributed by atoms with Crippen LogP contribution in [0.25, 0.3) is 0 Å². The quantitative estimate of drug-likeness (QED) is 0.530. The second-order valence-corrected chi connectivity index (χ2v) is 3.41. The minimum atomic E-state index is -4.10. The third kappa shape index (κ3) is 2.20. The smallest absolute Gasteiger partial charge is 0.270 e. The summed E-state index contributed by atoms with van der Waals surface area (Å²) in [4.78, 5) is 0. The number of hydrogen-bond donors (Lipinski definition) is 3. The zero-order chi connectivity index (χ0) is 8.48. The molecule has 62 valence electrons. The Morgan fingerprint density at radius 2 is 2.27 bits per heavy atom. The van der Waals surface area contributed by atoms with E-state index in [0.29, 0.717) is 0 Å². The molecular formula is C4H6N2O4S. The summed E-state index contributed by atoms with van der Waals surface area (Å²) in [6, 6.07) is 0. The van der Waals surface area contributed by atoms with Crippen molar-refractivity contribution in [3.8, 4) is 5.75 Å². The summed E-state index contributed by atoms with van der Waals surface area (Å²) < 4.78 is 28.8. The average molecular weight is 178 g/mol. The monoisotopic (exact) mass is 178 g/mol. The maximum atomic E-state index is 10.2. The van der Waals surface area contributed by atoms with E-state index in [2.05, 4.69) is 10.2 Å². The Balaban J connectivity index is 2.89. The molecule has 6 nitrogen and oxygen atoms in total. The molecule has 0 unspecified atom stereocenters. The van der Waals surface area contributed by atoms with Crippen molar-refractivity contribution < 1.29 is 18.1 Å². The van der Waals surface area contributed by atoms with Gasteiger partial charge in [0.2, 0.25) is 0 Å². The molecule has 0 radical (unpaired) electrons. The van der Waals surface area contributed by atoms with Crippen LogP contribution in [0, 0.1) is 0 Å². The first kappa shape index (κ1) is 8.02. The number of nitrogens with zero attached hydrogens (tertiary/aromatic N) is 1. The van der Waals surface area contributed by atoms with E-state index in [1.807, 2.05) is 0 Å². The molecule has 0 spiro atoms. The predicted molar refractivity (Wildman–Crippen MR) is 35.5 cm³/mol. The highest BCUT2D eigenvalue weighted by Crippen LogP contribution is 2.13. The molecule has 1 rings (SSSR count).